The molecule has 2 N–H and O–H groups in total. The second-order valence-corrected chi connectivity index (χ2v) is 4.25. The molecule has 4 nitrogen and oxygen atoms in total. The second-order valence-electron chi connectivity index (χ2n) is 3.18. The van der Waals surface area contributed by atoms with Gasteiger partial charge in [-0.05, 0) is 25.1 Å². The molecule has 0 radical (unpaired) electrons. The first-order chi connectivity index (χ1) is 7.90. The maximum atomic E-state index is 12.7. The molecule has 0 aliphatic heterocycles. The Hall–Kier alpha value is -1.33. The van der Waals surface area contributed by atoms with E-state index in [4.69, 9.17) is 23.2 Å². The molecule has 7 heteroatoms. The molecule has 1 aromatic rings. The molecule has 1 atom stereocenters. The maximum Gasteiger partial charge on any atom is 0.325 e. The van der Waals surface area contributed by atoms with Crippen molar-refractivity contribution in [2.75, 3.05) is 5.32 Å². The molecule has 0 heterocycles. The number of rotatable bonds is 2. The number of hydrogen-bond acceptors (Lipinski definition) is 2. The van der Waals surface area contributed by atoms with Gasteiger partial charge in [-0.25, -0.2) is 9.18 Å². The lowest BCUT2D eigenvalue weighted by atomic mass is 10.3. The minimum absolute atomic E-state index is 0.0338. The minimum atomic E-state index is -0.829. The van der Waals surface area contributed by atoms with Gasteiger partial charge in [-0.3, -0.25) is 10.1 Å². The Morgan fingerprint density at radius 3 is 2.59 bits per heavy atom. The molecule has 3 amide bonds. The third kappa shape index (κ3) is 4.20. The van der Waals surface area contributed by atoms with Crippen molar-refractivity contribution >= 4 is 40.8 Å². The van der Waals surface area contributed by atoms with Crippen LogP contribution in [0.1, 0.15) is 6.92 Å². The third-order valence-corrected chi connectivity index (χ3v) is 2.29. The smallest absolute Gasteiger partial charge is 0.306 e. The molecule has 0 saturated carbocycles. The fraction of sp³-hybridized carbons (Fsp3) is 0.200. The minimum Gasteiger partial charge on any atom is -0.306 e. The summed E-state index contributed by atoms with van der Waals surface area (Å²) in [6, 6.07) is 2.68. The van der Waals surface area contributed by atoms with Crippen molar-refractivity contribution in [3.8, 4) is 0 Å². The predicted octanol–water partition coefficient (Wildman–Crippen LogP) is 2.75. The van der Waals surface area contributed by atoms with Crippen LogP contribution in [0.4, 0.5) is 14.9 Å². The number of carbonyl (C=O) groups excluding carboxylic acids is 2. The highest BCUT2D eigenvalue weighted by Crippen LogP contribution is 2.22. The predicted molar refractivity (Wildman–Crippen MR) is 63.9 cm³/mol. The number of imide groups is 1. The fourth-order valence-corrected chi connectivity index (χ4v) is 1.22. The van der Waals surface area contributed by atoms with Crippen molar-refractivity contribution in [3.63, 3.8) is 0 Å². The fourth-order valence-electron chi connectivity index (χ4n) is 0.956. The zero-order chi connectivity index (χ0) is 13.0. The molecule has 0 aliphatic rings. The summed E-state index contributed by atoms with van der Waals surface area (Å²) in [5.74, 6) is -1.16. The normalized spacial score (nSPS) is 11.8. The highest BCUT2D eigenvalue weighted by atomic mass is 35.5. The molecule has 1 unspecified atom stereocenters. The van der Waals surface area contributed by atoms with Gasteiger partial charge in [0, 0.05) is 0 Å². The van der Waals surface area contributed by atoms with Gasteiger partial charge in [0.25, 0.3) is 0 Å². The van der Waals surface area contributed by atoms with Crippen LogP contribution in [-0.4, -0.2) is 17.3 Å². The SMILES string of the molecule is CC(Cl)C(=O)NC(=O)Nc1ccc(F)cc1Cl. The van der Waals surface area contributed by atoms with E-state index in [1.54, 1.807) is 0 Å². The highest BCUT2D eigenvalue weighted by molar-refractivity contribution is 6.34. The molecule has 0 spiro atoms. The van der Waals surface area contributed by atoms with Gasteiger partial charge in [0.15, 0.2) is 0 Å². The highest BCUT2D eigenvalue weighted by Gasteiger charge is 2.13. The number of halogens is 3. The Kier molecular flexibility index (Phi) is 4.72. The summed E-state index contributed by atoms with van der Waals surface area (Å²) in [5, 5.41) is 3.50. The van der Waals surface area contributed by atoms with E-state index >= 15 is 0 Å². The van der Waals surface area contributed by atoms with Gasteiger partial charge in [-0.2, -0.15) is 0 Å². The number of nitrogens with one attached hydrogen (secondary N) is 2. The first kappa shape index (κ1) is 13.7. The second kappa shape index (κ2) is 5.84. The zero-order valence-electron chi connectivity index (χ0n) is 8.76. The lowest BCUT2D eigenvalue weighted by Crippen LogP contribution is -2.38. The molecule has 0 saturated heterocycles. The van der Waals surface area contributed by atoms with Gasteiger partial charge in [0.2, 0.25) is 5.91 Å². The Balaban J connectivity index is 2.65. The van der Waals surface area contributed by atoms with Crippen molar-refractivity contribution in [1.29, 1.82) is 0 Å². The Labute approximate surface area is 107 Å². The van der Waals surface area contributed by atoms with E-state index in [1.807, 2.05) is 5.32 Å². The van der Waals surface area contributed by atoms with Crippen LogP contribution in [0.2, 0.25) is 5.02 Å². The summed E-state index contributed by atoms with van der Waals surface area (Å²) < 4.78 is 12.7. The molecule has 0 aromatic heterocycles. The van der Waals surface area contributed by atoms with E-state index in [0.29, 0.717) is 0 Å². The molecule has 17 heavy (non-hydrogen) atoms. The van der Waals surface area contributed by atoms with Crippen molar-refractivity contribution in [2.45, 2.75) is 12.3 Å². The summed E-state index contributed by atoms with van der Waals surface area (Å²) in [5.41, 5.74) is 0.195. The van der Waals surface area contributed by atoms with Gasteiger partial charge < -0.3 is 5.32 Å². The van der Waals surface area contributed by atoms with Crippen LogP contribution >= 0.6 is 23.2 Å². The van der Waals surface area contributed by atoms with E-state index < -0.39 is 23.1 Å². The average molecular weight is 279 g/mol. The van der Waals surface area contributed by atoms with Crippen LogP contribution in [0, 0.1) is 5.82 Å². The summed E-state index contributed by atoms with van der Waals surface area (Å²) in [7, 11) is 0. The van der Waals surface area contributed by atoms with E-state index in [0.717, 1.165) is 12.1 Å². The number of hydrogen-bond donors (Lipinski definition) is 2. The maximum absolute atomic E-state index is 12.7. The first-order valence-corrected chi connectivity index (χ1v) is 5.42. The van der Waals surface area contributed by atoms with E-state index in [9.17, 15) is 14.0 Å². The van der Waals surface area contributed by atoms with Crippen LogP contribution in [0.3, 0.4) is 0 Å². The largest absolute Gasteiger partial charge is 0.325 e. The van der Waals surface area contributed by atoms with Crippen molar-refractivity contribution in [3.05, 3.63) is 29.0 Å². The standard InChI is InChI=1S/C10H9Cl2FN2O2/c1-5(11)9(16)15-10(17)14-8-3-2-6(13)4-7(8)12/h2-5H,1H3,(H2,14,15,16,17). The topological polar surface area (TPSA) is 58.2 Å². The van der Waals surface area contributed by atoms with Gasteiger partial charge in [-0.1, -0.05) is 11.6 Å². The number of alkyl halides is 1. The molecule has 0 fully saturated rings. The quantitative estimate of drug-likeness (QED) is 0.818. The summed E-state index contributed by atoms with van der Waals surface area (Å²) >= 11 is 11.1. The van der Waals surface area contributed by atoms with E-state index in [-0.39, 0.29) is 10.7 Å². The molecule has 1 aromatic carbocycles. The molecular weight excluding hydrogens is 270 g/mol. The van der Waals surface area contributed by atoms with Crippen LogP contribution in [0.15, 0.2) is 18.2 Å². The molecular formula is C10H9Cl2FN2O2. The van der Waals surface area contributed by atoms with Crippen LogP contribution in [-0.2, 0) is 4.79 Å². The van der Waals surface area contributed by atoms with Crippen LogP contribution in [0.5, 0.6) is 0 Å². The van der Waals surface area contributed by atoms with Crippen molar-refractivity contribution in [2.24, 2.45) is 0 Å². The lowest BCUT2D eigenvalue weighted by Gasteiger charge is -2.08. The molecule has 1 rings (SSSR count). The number of benzene rings is 1. The number of urea groups is 1. The molecule has 0 bridgehead atoms. The van der Waals surface area contributed by atoms with Crippen molar-refractivity contribution in [1.82, 2.24) is 5.32 Å². The van der Waals surface area contributed by atoms with E-state index in [1.165, 1.54) is 13.0 Å². The summed E-state index contributed by atoms with van der Waals surface area (Å²) in [6.07, 6.45) is 0. The molecule has 92 valence electrons. The van der Waals surface area contributed by atoms with Gasteiger partial charge in [0.05, 0.1) is 10.7 Å². The summed E-state index contributed by atoms with van der Waals surface area (Å²) in [4.78, 5) is 22.4. The number of carbonyl (C=O) groups is 2. The van der Waals surface area contributed by atoms with Gasteiger partial charge in [-0.15, -0.1) is 11.6 Å². The first-order valence-electron chi connectivity index (χ1n) is 4.61. The van der Waals surface area contributed by atoms with Crippen molar-refractivity contribution < 1.29 is 14.0 Å². The third-order valence-electron chi connectivity index (χ3n) is 1.78. The van der Waals surface area contributed by atoms with Gasteiger partial charge in [0.1, 0.15) is 11.2 Å². The van der Waals surface area contributed by atoms with Crippen LogP contribution < -0.4 is 10.6 Å². The number of anilines is 1. The Morgan fingerprint density at radius 1 is 1.41 bits per heavy atom. The Morgan fingerprint density at radius 2 is 2.06 bits per heavy atom. The van der Waals surface area contributed by atoms with Crippen LogP contribution in [0.25, 0.3) is 0 Å². The molecule has 0 aliphatic carbocycles. The number of amides is 3. The zero-order valence-corrected chi connectivity index (χ0v) is 10.3. The van der Waals surface area contributed by atoms with Gasteiger partial charge >= 0.3 is 6.03 Å². The Bertz CT molecular complexity index is 452. The average Bonchev–Trinajstić information content (AvgIpc) is 2.22. The summed E-state index contributed by atoms with van der Waals surface area (Å²) in [6.45, 7) is 1.43. The lowest BCUT2D eigenvalue weighted by molar-refractivity contribution is -0.119. The van der Waals surface area contributed by atoms with E-state index in [2.05, 4.69) is 5.32 Å². The monoisotopic (exact) mass is 278 g/mol.